The van der Waals surface area contributed by atoms with Gasteiger partial charge in [0.1, 0.15) is 0 Å². The van der Waals surface area contributed by atoms with Crippen LogP contribution in [0, 0.1) is 0 Å². The van der Waals surface area contributed by atoms with E-state index in [1.807, 2.05) is 0 Å². The summed E-state index contributed by atoms with van der Waals surface area (Å²) < 4.78 is 24.8. The molecule has 0 aliphatic rings. The van der Waals surface area contributed by atoms with Crippen LogP contribution < -0.4 is 5.73 Å². The quantitative estimate of drug-likeness (QED) is 0.585. The van der Waals surface area contributed by atoms with Crippen molar-refractivity contribution < 1.29 is 8.42 Å². The van der Waals surface area contributed by atoms with Gasteiger partial charge in [0.05, 0.1) is 0 Å². The van der Waals surface area contributed by atoms with Crippen molar-refractivity contribution in [3.63, 3.8) is 0 Å². The molecule has 0 aliphatic carbocycles. The zero-order valence-electron chi connectivity index (χ0n) is 7.11. The van der Waals surface area contributed by atoms with Gasteiger partial charge in [-0.1, -0.05) is 0 Å². The molecule has 11 heavy (non-hydrogen) atoms. The van der Waals surface area contributed by atoms with E-state index in [1.54, 1.807) is 0 Å². The lowest BCUT2D eigenvalue weighted by atomic mass is 10.7. The van der Waals surface area contributed by atoms with Crippen LogP contribution in [-0.2, 0) is 10.2 Å². The highest BCUT2D eigenvalue weighted by molar-refractivity contribution is 7.86. The molecular formula is C5H15N3O2S. The first-order valence-electron chi connectivity index (χ1n) is 3.26. The molecule has 0 bridgehead atoms. The van der Waals surface area contributed by atoms with Crippen LogP contribution in [0.25, 0.3) is 0 Å². The van der Waals surface area contributed by atoms with Crippen LogP contribution in [0.3, 0.4) is 0 Å². The Labute approximate surface area is 68.0 Å². The van der Waals surface area contributed by atoms with Gasteiger partial charge < -0.3 is 5.73 Å². The molecular weight excluding hydrogens is 166 g/mol. The summed E-state index contributed by atoms with van der Waals surface area (Å²) >= 11 is 0. The van der Waals surface area contributed by atoms with Gasteiger partial charge in [-0.15, -0.1) is 0 Å². The summed E-state index contributed by atoms with van der Waals surface area (Å²) in [5.41, 5.74) is 5.20. The van der Waals surface area contributed by atoms with Crippen LogP contribution in [0.5, 0.6) is 0 Å². The molecule has 0 rings (SSSR count). The molecule has 0 radical (unpaired) electrons. The van der Waals surface area contributed by atoms with Gasteiger partial charge in [0.15, 0.2) is 0 Å². The van der Waals surface area contributed by atoms with Crippen molar-refractivity contribution in [2.45, 2.75) is 0 Å². The molecule has 0 aromatic carbocycles. The lowest BCUT2D eigenvalue weighted by Crippen LogP contribution is -2.39. The van der Waals surface area contributed by atoms with Crippen LogP contribution in [-0.4, -0.2) is 51.3 Å². The highest BCUT2D eigenvalue weighted by atomic mass is 32.2. The third-order valence-corrected chi connectivity index (χ3v) is 3.19. The topological polar surface area (TPSA) is 66.6 Å². The maximum absolute atomic E-state index is 11.2. The number of rotatable bonds is 4. The summed E-state index contributed by atoms with van der Waals surface area (Å²) in [5, 5.41) is 0. The van der Waals surface area contributed by atoms with Crippen molar-refractivity contribution in [3.05, 3.63) is 0 Å². The Morgan fingerprint density at radius 2 is 1.73 bits per heavy atom. The Morgan fingerprint density at radius 3 is 2.00 bits per heavy atom. The molecule has 0 aliphatic heterocycles. The standard InChI is InChI=1S/C5H15N3O2S/c1-7(2)11(9,10)8(3)5-4-6/h4-6H2,1-3H3. The molecule has 0 heterocycles. The second kappa shape index (κ2) is 4.01. The SMILES string of the molecule is CN(C)S(=O)(=O)N(C)CCN. The van der Waals surface area contributed by atoms with Gasteiger partial charge in [0.2, 0.25) is 0 Å². The number of nitrogens with two attached hydrogens (primary N) is 1. The van der Waals surface area contributed by atoms with Gasteiger partial charge in [-0.2, -0.15) is 17.0 Å². The number of hydrogen-bond acceptors (Lipinski definition) is 3. The Hall–Kier alpha value is -0.170. The van der Waals surface area contributed by atoms with Crippen molar-refractivity contribution >= 4 is 10.2 Å². The predicted molar refractivity (Wildman–Crippen MR) is 44.3 cm³/mol. The molecule has 0 spiro atoms. The van der Waals surface area contributed by atoms with Crippen molar-refractivity contribution in [1.82, 2.24) is 8.61 Å². The largest absolute Gasteiger partial charge is 0.329 e. The molecule has 0 fully saturated rings. The summed E-state index contributed by atoms with van der Waals surface area (Å²) in [6.07, 6.45) is 0. The Kier molecular flexibility index (Phi) is 3.95. The molecule has 0 atom stereocenters. The summed E-state index contributed by atoms with van der Waals surface area (Å²) in [6.45, 7) is 0.685. The third kappa shape index (κ3) is 2.74. The summed E-state index contributed by atoms with van der Waals surface area (Å²) in [5.74, 6) is 0. The van der Waals surface area contributed by atoms with Gasteiger partial charge in [-0.05, 0) is 0 Å². The van der Waals surface area contributed by atoms with Gasteiger partial charge in [-0.3, -0.25) is 0 Å². The maximum atomic E-state index is 11.2. The van der Waals surface area contributed by atoms with Gasteiger partial charge in [-0.25, -0.2) is 0 Å². The van der Waals surface area contributed by atoms with Gasteiger partial charge in [0.25, 0.3) is 10.2 Å². The van der Waals surface area contributed by atoms with Crippen LogP contribution in [0.2, 0.25) is 0 Å². The normalized spacial score (nSPS) is 12.9. The summed E-state index contributed by atoms with van der Waals surface area (Å²) in [6, 6.07) is 0. The molecule has 0 saturated carbocycles. The molecule has 0 saturated heterocycles. The van der Waals surface area contributed by atoms with E-state index in [-0.39, 0.29) is 0 Å². The highest BCUT2D eigenvalue weighted by Gasteiger charge is 2.18. The molecule has 68 valence electrons. The number of likely N-dealkylation sites (N-methyl/N-ethyl adjacent to an activating group) is 1. The second-order valence-electron chi connectivity index (χ2n) is 2.40. The minimum absolute atomic E-state index is 0.337. The first kappa shape index (κ1) is 10.8. The fourth-order valence-electron chi connectivity index (χ4n) is 0.576. The van der Waals surface area contributed by atoms with Crippen molar-refractivity contribution in [2.24, 2.45) is 5.73 Å². The van der Waals surface area contributed by atoms with E-state index in [0.717, 1.165) is 4.31 Å². The van der Waals surface area contributed by atoms with Gasteiger partial charge in [0, 0.05) is 34.2 Å². The maximum Gasteiger partial charge on any atom is 0.281 e. The van der Waals surface area contributed by atoms with Crippen LogP contribution in [0.1, 0.15) is 0 Å². The molecule has 5 nitrogen and oxygen atoms in total. The average Bonchev–Trinajstić information content (AvgIpc) is 1.88. The second-order valence-corrected chi connectivity index (χ2v) is 4.65. The van der Waals surface area contributed by atoms with E-state index in [4.69, 9.17) is 5.73 Å². The van der Waals surface area contributed by atoms with Crippen LogP contribution in [0.4, 0.5) is 0 Å². The zero-order chi connectivity index (χ0) is 9.07. The number of hydrogen-bond donors (Lipinski definition) is 1. The Balaban J connectivity index is 4.32. The molecule has 6 heteroatoms. The fourth-order valence-corrected chi connectivity index (χ4v) is 1.47. The van der Waals surface area contributed by atoms with E-state index in [1.165, 1.54) is 25.4 Å². The summed E-state index contributed by atoms with van der Waals surface area (Å²) in [4.78, 5) is 0. The smallest absolute Gasteiger partial charge is 0.281 e. The molecule has 2 N–H and O–H groups in total. The summed E-state index contributed by atoms with van der Waals surface area (Å²) in [7, 11) is 1.23. The van der Waals surface area contributed by atoms with E-state index < -0.39 is 10.2 Å². The minimum Gasteiger partial charge on any atom is -0.329 e. The molecule has 0 aromatic rings. The molecule has 0 unspecified atom stereocenters. The van der Waals surface area contributed by atoms with E-state index in [0.29, 0.717) is 13.1 Å². The predicted octanol–water partition coefficient (Wildman–Crippen LogP) is -1.32. The monoisotopic (exact) mass is 181 g/mol. The Bertz CT molecular complexity index is 200. The Morgan fingerprint density at radius 1 is 1.27 bits per heavy atom. The molecule has 0 aromatic heterocycles. The average molecular weight is 181 g/mol. The van der Waals surface area contributed by atoms with E-state index in [9.17, 15) is 8.42 Å². The molecule has 0 amide bonds. The third-order valence-electron chi connectivity index (χ3n) is 1.30. The zero-order valence-corrected chi connectivity index (χ0v) is 7.93. The first-order chi connectivity index (χ1) is 4.92. The van der Waals surface area contributed by atoms with Crippen LogP contribution >= 0.6 is 0 Å². The van der Waals surface area contributed by atoms with Crippen molar-refractivity contribution in [1.29, 1.82) is 0 Å². The van der Waals surface area contributed by atoms with Crippen LogP contribution in [0.15, 0.2) is 0 Å². The van der Waals surface area contributed by atoms with Crippen molar-refractivity contribution in [2.75, 3.05) is 34.2 Å². The lowest BCUT2D eigenvalue weighted by Gasteiger charge is -2.20. The minimum atomic E-state index is -3.25. The fraction of sp³-hybridized carbons (Fsp3) is 1.00. The van der Waals surface area contributed by atoms with Crippen molar-refractivity contribution in [3.8, 4) is 0 Å². The van der Waals surface area contributed by atoms with Gasteiger partial charge >= 0.3 is 0 Å². The van der Waals surface area contributed by atoms with E-state index in [2.05, 4.69) is 0 Å². The first-order valence-corrected chi connectivity index (χ1v) is 4.66. The van der Waals surface area contributed by atoms with E-state index >= 15 is 0 Å². The highest BCUT2D eigenvalue weighted by Crippen LogP contribution is 1.98. The lowest BCUT2D eigenvalue weighted by molar-refractivity contribution is 0.422. The number of nitrogens with zero attached hydrogens (tertiary/aromatic N) is 2.